The Kier molecular flexibility index (Phi) is 3.14. The molecule has 2 rings (SSSR count). The first-order valence-electron chi connectivity index (χ1n) is 5.19. The van der Waals surface area contributed by atoms with E-state index in [1.165, 1.54) is 25.3 Å². The third kappa shape index (κ3) is 2.11. The highest BCUT2D eigenvalue weighted by Crippen LogP contribution is 2.31. The number of esters is 1. The standard InChI is InChI=1S/C13H10F2O3/c1-18-11(16)5-8-4-7-2-3-9(14)6-10(7)13(17)12(8)15/h2-4,6,17H,5H2,1H3. The van der Waals surface area contributed by atoms with Crippen molar-refractivity contribution in [2.45, 2.75) is 6.42 Å². The van der Waals surface area contributed by atoms with Crippen molar-refractivity contribution in [3.05, 3.63) is 41.5 Å². The van der Waals surface area contributed by atoms with Crippen LogP contribution in [0, 0.1) is 11.6 Å². The smallest absolute Gasteiger partial charge is 0.310 e. The van der Waals surface area contributed by atoms with Crippen molar-refractivity contribution >= 4 is 16.7 Å². The first kappa shape index (κ1) is 12.3. The minimum absolute atomic E-state index is 0.0125. The van der Waals surface area contributed by atoms with Crippen molar-refractivity contribution in [1.29, 1.82) is 0 Å². The second kappa shape index (κ2) is 4.60. The summed E-state index contributed by atoms with van der Waals surface area (Å²) >= 11 is 0. The Morgan fingerprint density at radius 3 is 2.72 bits per heavy atom. The summed E-state index contributed by atoms with van der Waals surface area (Å²) in [6.45, 7) is 0. The van der Waals surface area contributed by atoms with Crippen LogP contribution in [0.15, 0.2) is 24.3 Å². The Hall–Kier alpha value is -2.17. The molecule has 0 saturated heterocycles. The van der Waals surface area contributed by atoms with Gasteiger partial charge in [-0.2, -0.15) is 0 Å². The summed E-state index contributed by atoms with van der Waals surface area (Å²) < 4.78 is 31.2. The van der Waals surface area contributed by atoms with Crippen LogP contribution in [0.25, 0.3) is 10.8 Å². The molecule has 3 nitrogen and oxygen atoms in total. The lowest BCUT2D eigenvalue weighted by Gasteiger charge is -2.08. The van der Waals surface area contributed by atoms with E-state index in [9.17, 15) is 18.7 Å². The Balaban J connectivity index is 2.60. The van der Waals surface area contributed by atoms with E-state index in [4.69, 9.17) is 0 Å². The molecular formula is C13H10F2O3. The number of hydrogen-bond donors (Lipinski definition) is 1. The van der Waals surface area contributed by atoms with E-state index in [0.717, 1.165) is 6.07 Å². The molecule has 0 aliphatic carbocycles. The molecule has 0 atom stereocenters. The zero-order chi connectivity index (χ0) is 13.3. The number of phenolic OH excluding ortho intramolecular Hbond substituents is 1. The molecule has 0 radical (unpaired) electrons. The minimum Gasteiger partial charge on any atom is -0.504 e. The third-order valence-electron chi connectivity index (χ3n) is 2.65. The predicted molar refractivity (Wildman–Crippen MR) is 61.2 cm³/mol. The van der Waals surface area contributed by atoms with Gasteiger partial charge in [0.1, 0.15) is 5.82 Å². The average molecular weight is 252 g/mol. The van der Waals surface area contributed by atoms with E-state index in [2.05, 4.69) is 4.74 Å². The summed E-state index contributed by atoms with van der Waals surface area (Å²) in [6.07, 6.45) is -0.288. The van der Waals surface area contributed by atoms with Gasteiger partial charge in [0, 0.05) is 10.9 Å². The number of carbonyl (C=O) groups excluding carboxylic acids is 1. The summed E-state index contributed by atoms with van der Waals surface area (Å²) in [5.74, 6) is -2.78. The summed E-state index contributed by atoms with van der Waals surface area (Å²) in [5.41, 5.74) is 0.0125. The van der Waals surface area contributed by atoms with Gasteiger partial charge in [-0.25, -0.2) is 8.78 Å². The van der Waals surface area contributed by atoms with Gasteiger partial charge in [0.15, 0.2) is 11.6 Å². The molecule has 0 aliphatic heterocycles. The summed E-state index contributed by atoms with van der Waals surface area (Å²) in [7, 11) is 1.19. The van der Waals surface area contributed by atoms with Crippen LogP contribution in [0.3, 0.4) is 0 Å². The van der Waals surface area contributed by atoms with E-state index in [1.54, 1.807) is 0 Å². The molecule has 0 amide bonds. The zero-order valence-electron chi connectivity index (χ0n) is 9.54. The van der Waals surface area contributed by atoms with E-state index in [-0.39, 0.29) is 17.4 Å². The number of aromatic hydroxyl groups is 1. The Morgan fingerprint density at radius 1 is 1.33 bits per heavy atom. The number of hydrogen-bond acceptors (Lipinski definition) is 3. The van der Waals surface area contributed by atoms with Crippen LogP contribution in [-0.2, 0) is 16.0 Å². The summed E-state index contributed by atoms with van der Waals surface area (Å²) in [4.78, 5) is 11.1. The van der Waals surface area contributed by atoms with Crippen LogP contribution in [0.1, 0.15) is 5.56 Å². The van der Waals surface area contributed by atoms with Crippen LogP contribution in [0.2, 0.25) is 0 Å². The number of rotatable bonds is 2. The number of carbonyl (C=O) groups is 1. The molecule has 0 aromatic heterocycles. The molecule has 1 N–H and O–H groups in total. The third-order valence-corrected chi connectivity index (χ3v) is 2.65. The second-order valence-electron chi connectivity index (χ2n) is 3.82. The highest BCUT2D eigenvalue weighted by Gasteiger charge is 2.15. The Morgan fingerprint density at radius 2 is 2.06 bits per heavy atom. The average Bonchev–Trinajstić information content (AvgIpc) is 2.36. The fourth-order valence-electron chi connectivity index (χ4n) is 1.74. The van der Waals surface area contributed by atoms with Crippen molar-refractivity contribution in [1.82, 2.24) is 0 Å². The van der Waals surface area contributed by atoms with Gasteiger partial charge in [-0.3, -0.25) is 4.79 Å². The van der Waals surface area contributed by atoms with Crippen molar-refractivity contribution in [2.24, 2.45) is 0 Å². The van der Waals surface area contributed by atoms with Gasteiger partial charge in [-0.15, -0.1) is 0 Å². The molecular weight excluding hydrogens is 242 g/mol. The summed E-state index contributed by atoms with van der Waals surface area (Å²) in [6, 6.07) is 5.03. The van der Waals surface area contributed by atoms with Gasteiger partial charge in [0.2, 0.25) is 0 Å². The topological polar surface area (TPSA) is 46.5 Å². The molecule has 2 aromatic rings. The highest BCUT2D eigenvalue weighted by atomic mass is 19.1. The van der Waals surface area contributed by atoms with E-state index < -0.39 is 23.4 Å². The number of halogens is 2. The molecule has 0 fully saturated rings. The fraction of sp³-hybridized carbons (Fsp3) is 0.154. The maximum atomic E-state index is 13.8. The zero-order valence-corrected chi connectivity index (χ0v) is 9.54. The van der Waals surface area contributed by atoms with Gasteiger partial charge >= 0.3 is 5.97 Å². The van der Waals surface area contributed by atoms with Crippen LogP contribution in [0.4, 0.5) is 8.78 Å². The number of methoxy groups -OCH3 is 1. The lowest BCUT2D eigenvalue weighted by Crippen LogP contribution is -2.06. The Bertz CT molecular complexity index is 623. The molecule has 2 aromatic carbocycles. The van der Waals surface area contributed by atoms with Crippen molar-refractivity contribution in [3.63, 3.8) is 0 Å². The van der Waals surface area contributed by atoms with Crippen LogP contribution in [0.5, 0.6) is 5.75 Å². The molecule has 5 heteroatoms. The Labute approximate surface area is 102 Å². The van der Waals surface area contributed by atoms with Gasteiger partial charge < -0.3 is 9.84 Å². The molecule has 0 aliphatic rings. The molecule has 0 saturated carbocycles. The van der Waals surface area contributed by atoms with Crippen LogP contribution in [-0.4, -0.2) is 18.2 Å². The molecule has 0 bridgehead atoms. The molecule has 0 spiro atoms. The minimum atomic E-state index is -0.932. The largest absolute Gasteiger partial charge is 0.504 e. The molecule has 0 unspecified atom stereocenters. The lowest BCUT2D eigenvalue weighted by atomic mass is 10.0. The fourth-order valence-corrected chi connectivity index (χ4v) is 1.74. The number of phenols is 1. The van der Waals surface area contributed by atoms with Gasteiger partial charge in [-0.1, -0.05) is 6.07 Å². The van der Waals surface area contributed by atoms with Crippen LogP contribution >= 0.6 is 0 Å². The quantitative estimate of drug-likeness (QED) is 0.835. The van der Waals surface area contributed by atoms with Crippen molar-refractivity contribution < 1.29 is 23.4 Å². The van der Waals surface area contributed by atoms with E-state index >= 15 is 0 Å². The van der Waals surface area contributed by atoms with Crippen molar-refractivity contribution in [2.75, 3.05) is 7.11 Å². The predicted octanol–water partition coefficient (Wildman–Crippen LogP) is 2.54. The maximum absolute atomic E-state index is 13.8. The van der Waals surface area contributed by atoms with Gasteiger partial charge in [0.25, 0.3) is 0 Å². The second-order valence-corrected chi connectivity index (χ2v) is 3.82. The normalized spacial score (nSPS) is 10.6. The monoisotopic (exact) mass is 252 g/mol. The maximum Gasteiger partial charge on any atom is 0.310 e. The van der Waals surface area contributed by atoms with Gasteiger partial charge in [-0.05, 0) is 23.6 Å². The molecule has 0 heterocycles. The van der Waals surface area contributed by atoms with Gasteiger partial charge in [0.05, 0.1) is 13.5 Å². The first-order valence-corrected chi connectivity index (χ1v) is 5.19. The van der Waals surface area contributed by atoms with Crippen molar-refractivity contribution in [3.8, 4) is 5.75 Å². The lowest BCUT2D eigenvalue weighted by molar-refractivity contribution is -0.139. The molecule has 18 heavy (non-hydrogen) atoms. The van der Waals surface area contributed by atoms with E-state index in [0.29, 0.717) is 5.39 Å². The number of fused-ring (bicyclic) bond motifs is 1. The SMILES string of the molecule is COC(=O)Cc1cc2ccc(F)cc2c(O)c1F. The van der Waals surface area contributed by atoms with Crippen LogP contribution < -0.4 is 0 Å². The first-order chi connectivity index (χ1) is 8.52. The van der Waals surface area contributed by atoms with E-state index in [1.807, 2.05) is 0 Å². The molecule has 94 valence electrons. The summed E-state index contributed by atoms with van der Waals surface area (Å²) in [5, 5.41) is 10.2. The highest BCUT2D eigenvalue weighted by molar-refractivity contribution is 5.90. The number of benzene rings is 2. The number of ether oxygens (including phenoxy) is 1.